The number of carbonyl (C=O) groups excluding carboxylic acids is 1. The van der Waals surface area contributed by atoms with E-state index in [2.05, 4.69) is 0 Å². The number of esters is 1. The van der Waals surface area contributed by atoms with Crippen LogP contribution >= 0.6 is 34.5 Å². The topological polar surface area (TPSA) is 52.3 Å². The van der Waals surface area contributed by atoms with E-state index in [1.54, 1.807) is 12.3 Å². The lowest BCUT2D eigenvalue weighted by atomic mass is 10.0. The van der Waals surface area contributed by atoms with E-state index >= 15 is 0 Å². The van der Waals surface area contributed by atoms with Gasteiger partial charge in [-0.05, 0) is 19.1 Å². The maximum absolute atomic E-state index is 13.6. The van der Waals surface area contributed by atoms with Gasteiger partial charge in [-0.1, -0.05) is 23.2 Å². The summed E-state index contributed by atoms with van der Waals surface area (Å²) in [5.74, 6) is -1.18. The van der Waals surface area contributed by atoms with Crippen molar-refractivity contribution in [1.82, 2.24) is 0 Å². The van der Waals surface area contributed by atoms with Crippen molar-refractivity contribution in [3.05, 3.63) is 38.9 Å². The third kappa shape index (κ3) is 2.75. The minimum atomic E-state index is -0.620. The van der Waals surface area contributed by atoms with Gasteiger partial charge in [0.15, 0.2) is 0 Å². The lowest BCUT2D eigenvalue weighted by Gasteiger charge is -2.08. The number of anilines is 1. The van der Waals surface area contributed by atoms with Crippen LogP contribution in [-0.2, 0) is 4.74 Å². The molecule has 20 heavy (non-hydrogen) atoms. The van der Waals surface area contributed by atoms with Crippen molar-refractivity contribution in [3.8, 4) is 11.1 Å². The average molecular weight is 334 g/mol. The van der Waals surface area contributed by atoms with Crippen molar-refractivity contribution >= 4 is 45.5 Å². The maximum Gasteiger partial charge on any atom is 0.341 e. The van der Waals surface area contributed by atoms with Gasteiger partial charge >= 0.3 is 5.97 Å². The SMILES string of the molecule is CCOC(=O)c1c(-c2cc(F)c(Cl)cc2Cl)csc1N. The molecule has 0 saturated carbocycles. The summed E-state index contributed by atoms with van der Waals surface area (Å²) < 4.78 is 18.5. The van der Waals surface area contributed by atoms with E-state index in [9.17, 15) is 9.18 Å². The fourth-order valence-corrected chi connectivity index (χ4v) is 3.00. The number of benzene rings is 1. The zero-order chi connectivity index (χ0) is 14.9. The number of ether oxygens (including phenoxy) is 1. The molecule has 1 heterocycles. The Morgan fingerprint density at radius 3 is 2.70 bits per heavy atom. The van der Waals surface area contributed by atoms with Crippen molar-refractivity contribution in [1.29, 1.82) is 0 Å². The van der Waals surface area contributed by atoms with E-state index in [0.717, 1.165) is 11.3 Å². The van der Waals surface area contributed by atoms with Crippen LogP contribution in [0.3, 0.4) is 0 Å². The smallest absolute Gasteiger partial charge is 0.341 e. The molecule has 106 valence electrons. The molecule has 2 N–H and O–H groups in total. The summed E-state index contributed by atoms with van der Waals surface area (Å²) in [6.07, 6.45) is 0. The van der Waals surface area contributed by atoms with E-state index in [0.29, 0.717) is 16.1 Å². The Hall–Kier alpha value is -1.30. The second-order valence-electron chi connectivity index (χ2n) is 3.86. The van der Waals surface area contributed by atoms with Gasteiger partial charge in [0.1, 0.15) is 16.4 Å². The number of hydrogen-bond donors (Lipinski definition) is 1. The molecule has 1 aromatic heterocycles. The Balaban J connectivity index is 2.59. The first-order valence-corrected chi connectivity index (χ1v) is 7.28. The molecule has 0 bridgehead atoms. The number of hydrogen-bond acceptors (Lipinski definition) is 4. The number of nitrogen functional groups attached to an aromatic ring is 1. The largest absolute Gasteiger partial charge is 0.462 e. The molecule has 2 aromatic rings. The molecule has 3 nitrogen and oxygen atoms in total. The molecule has 0 radical (unpaired) electrons. The van der Waals surface area contributed by atoms with Gasteiger partial charge in [-0.25, -0.2) is 9.18 Å². The van der Waals surface area contributed by atoms with Gasteiger partial charge in [-0.15, -0.1) is 11.3 Å². The molecule has 2 rings (SSSR count). The Morgan fingerprint density at radius 1 is 1.35 bits per heavy atom. The minimum Gasteiger partial charge on any atom is -0.462 e. The molecule has 0 aliphatic carbocycles. The van der Waals surface area contributed by atoms with Gasteiger partial charge in [0, 0.05) is 16.5 Å². The van der Waals surface area contributed by atoms with Crippen LogP contribution in [0.5, 0.6) is 0 Å². The molecule has 0 atom stereocenters. The van der Waals surface area contributed by atoms with Gasteiger partial charge in [0.2, 0.25) is 0 Å². The van der Waals surface area contributed by atoms with Gasteiger partial charge in [-0.2, -0.15) is 0 Å². The van der Waals surface area contributed by atoms with Crippen LogP contribution < -0.4 is 5.73 Å². The molecule has 0 unspecified atom stereocenters. The molecule has 0 fully saturated rings. The van der Waals surface area contributed by atoms with Gasteiger partial charge in [-0.3, -0.25) is 0 Å². The molecular weight excluding hydrogens is 324 g/mol. The predicted octanol–water partition coefficient (Wildman–Crippen LogP) is 4.62. The molecule has 0 aliphatic heterocycles. The van der Waals surface area contributed by atoms with Crippen molar-refractivity contribution in [3.63, 3.8) is 0 Å². The molecule has 0 saturated heterocycles. The van der Waals surface area contributed by atoms with Crippen LogP contribution in [0.15, 0.2) is 17.5 Å². The zero-order valence-corrected chi connectivity index (χ0v) is 12.7. The fourth-order valence-electron chi connectivity index (χ4n) is 1.71. The molecule has 1 aromatic carbocycles. The van der Waals surface area contributed by atoms with Crippen LogP contribution in [0, 0.1) is 5.82 Å². The molecular formula is C13H10Cl2FNO2S. The zero-order valence-electron chi connectivity index (χ0n) is 10.4. The van der Waals surface area contributed by atoms with Crippen LogP contribution in [0.4, 0.5) is 9.39 Å². The number of nitrogens with two attached hydrogens (primary N) is 1. The Labute approximate surface area is 129 Å². The van der Waals surface area contributed by atoms with E-state index < -0.39 is 11.8 Å². The Kier molecular flexibility index (Phi) is 4.52. The lowest BCUT2D eigenvalue weighted by Crippen LogP contribution is -2.07. The first-order chi connectivity index (χ1) is 9.45. The highest BCUT2D eigenvalue weighted by Crippen LogP contribution is 2.39. The average Bonchev–Trinajstić information content (AvgIpc) is 2.76. The predicted molar refractivity (Wildman–Crippen MR) is 80.1 cm³/mol. The third-order valence-corrected chi connectivity index (χ3v) is 4.01. The van der Waals surface area contributed by atoms with E-state index in [1.165, 1.54) is 12.1 Å². The summed E-state index contributed by atoms with van der Waals surface area (Å²) in [6, 6.07) is 2.46. The number of thiophene rings is 1. The second kappa shape index (κ2) is 5.99. The van der Waals surface area contributed by atoms with Crippen LogP contribution in [0.1, 0.15) is 17.3 Å². The Bertz CT molecular complexity index is 673. The summed E-state index contributed by atoms with van der Waals surface area (Å²) >= 11 is 12.9. The summed E-state index contributed by atoms with van der Waals surface area (Å²) in [5, 5.41) is 2.08. The van der Waals surface area contributed by atoms with Crippen LogP contribution in [-0.4, -0.2) is 12.6 Å². The molecule has 0 spiro atoms. The molecule has 0 aliphatic rings. The first-order valence-electron chi connectivity index (χ1n) is 5.64. The number of halogens is 3. The number of carbonyl (C=O) groups is 1. The lowest BCUT2D eigenvalue weighted by molar-refractivity contribution is 0.0529. The van der Waals surface area contributed by atoms with Crippen molar-refractivity contribution in [2.24, 2.45) is 0 Å². The summed E-state index contributed by atoms with van der Waals surface area (Å²) in [5.41, 5.74) is 6.77. The standard InChI is InChI=1S/C13H10Cl2FNO2S/c1-2-19-13(18)11-7(5-20-12(11)17)6-3-10(16)9(15)4-8(6)14/h3-5H,2,17H2,1H3. The van der Waals surface area contributed by atoms with Gasteiger partial charge in [0.05, 0.1) is 16.7 Å². The number of rotatable bonds is 3. The van der Waals surface area contributed by atoms with Crippen LogP contribution in [0.2, 0.25) is 10.0 Å². The highest BCUT2D eigenvalue weighted by atomic mass is 35.5. The van der Waals surface area contributed by atoms with Gasteiger partial charge in [0.25, 0.3) is 0 Å². The van der Waals surface area contributed by atoms with E-state index in [-0.39, 0.29) is 22.2 Å². The highest BCUT2D eigenvalue weighted by Gasteiger charge is 2.22. The normalized spacial score (nSPS) is 10.6. The van der Waals surface area contributed by atoms with Crippen molar-refractivity contribution in [2.75, 3.05) is 12.3 Å². The third-order valence-electron chi connectivity index (χ3n) is 2.60. The van der Waals surface area contributed by atoms with E-state index in [4.69, 9.17) is 33.7 Å². The Morgan fingerprint density at radius 2 is 2.05 bits per heavy atom. The first kappa shape index (κ1) is 15.1. The van der Waals surface area contributed by atoms with Crippen molar-refractivity contribution < 1.29 is 13.9 Å². The monoisotopic (exact) mass is 333 g/mol. The fraction of sp³-hybridized carbons (Fsp3) is 0.154. The summed E-state index contributed by atoms with van der Waals surface area (Å²) in [6.45, 7) is 1.91. The summed E-state index contributed by atoms with van der Waals surface area (Å²) in [7, 11) is 0. The quantitative estimate of drug-likeness (QED) is 0.658. The molecule has 0 amide bonds. The maximum atomic E-state index is 13.6. The second-order valence-corrected chi connectivity index (χ2v) is 5.58. The summed E-state index contributed by atoms with van der Waals surface area (Å²) in [4.78, 5) is 11.9. The van der Waals surface area contributed by atoms with E-state index in [1.807, 2.05) is 0 Å². The minimum absolute atomic E-state index is 0.0837. The van der Waals surface area contributed by atoms with Crippen molar-refractivity contribution in [2.45, 2.75) is 6.92 Å². The van der Waals surface area contributed by atoms with Gasteiger partial charge < -0.3 is 10.5 Å². The molecule has 7 heteroatoms. The highest BCUT2D eigenvalue weighted by molar-refractivity contribution is 7.15. The van der Waals surface area contributed by atoms with Crippen LogP contribution in [0.25, 0.3) is 11.1 Å².